The van der Waals surface area contributed by atoms with E-state index in [-0.39, 0.29) is 6.03 Å². The number of benzene rings is 2. The summed E-state index contributed by atoms with van der Waals surface area (Å²) in [5.74, 6) is 0. The van der Waals surface area contributed by atoms with Crippen molar-refractivity contribution in [2.75, 3.05) is 10.6 Å². The van der Waals surface area contributed by atoms with Gasteiger partial charge in [0.25, 0.3) is 0 Å². The van der Waals surface area contributed by atoms with Gasteiger partial charge in [-0.15, -0.1) is 0 Å². The van der Waals surface area contributed by atoms with Crippen LogP contribution in [-0.2, 0) is 0 Å². The zero-order valence-electron chi connectivity index (χ0n) is 7.67. The molecule has 1 aliphatic rings. The minimum Gasteiger partial charge on any atom is -0.307 e. The smallest absolute Gasteiger partial charge is 0.307 e. The summed E-state index contributed by atoms with van der Waals surface area (Å²) in [6, 6.07) is 9.50. The van der Waals surface area contributed by atoms with Gasteiger partial charge in [-0.25, -0.2) is 4.79 Å². The quantitative estimate of drug-likeness (QED) is 0.749. The third-order valence-corrected chi connectivity index (χ3v) is 3.18. The number of anilines is 2. The van der Waals surface area contributed by atoms with Gasteiger partial charge in [-0.3, -0.25) is 0 Å². The van der Waals surface area contributed by atoms with Crippen molar-refractivity contribution in [2.45, 2.75) is 0 Å². The first-order chi connectivity index (χ1) is 7.25. The van der Waals surface area contributed by atoms with Crippen molar-refractivity contribution in [2.24, 2.45) is 0 Å². The molecule has 74 valence electrons. The number of rotatable bonds is 0. The summed E-state index contributed by atoms with van der Waals surface area (Å²) in [7, 11) is 0. The standard InChI is InChI=1S/C11H7BrN2O/c12-7-4-5-9-10-6(7)2-1-3-8(10)13-11(15)14-9/h1-5H,(H2,13,14,15). The predicted octanol–water partition coefficient (Wildman–Crippen LogP) is 3.56. The Morgan fingerprint density at radius 3 is 2.53 bits per heavy atom. The van der Waals surface area contributed by atoms with E-state index in [1.54, 1.807) is 0 Å². The lowest BCUT2D eigenvalue weighted by Crippen LogP contribution is -2.23. The van der Waals surface area contributed by atoms with E-state index in [0.29, 0.717) is 0 Å². The average molecular weight is 263 g/mol. The van der Waals surface area contributed by atoms with Crippen LogP contribution in [0.1, 0.15) is 0 Å². The highest BCUT2D eigenvalue weighted by atomic mass is 79.9. The molecule has 0 aliphatic carbocycles. The van der Waals surface area contributed by atoms with Crippen LogP contribution in [-0.4, -0.2) is 6.03 Å². The van der Waals surface area contributed by atoms with Crippen LogP contribution in [0.2, 0.25) is 0 Å². The molecule has 0 radical (unpaired) electrons. The van der Waals surface area contributed by atoms with Crippen molar-refractivity contribution >= 4 is 44.1 Å². The maximum atomic E-state index is 11.3. The molecular formula is C11H7BrN2O. The zero-order chi connectivity index (χ0) is 10.4. The fourth-order valence-electron chi connectivity index (χ4n) is 1.86. The highest BCUT2D eigenvalue weighted by molar-refractivity contribution is 9.10. The lowest BCUT2D eigenvalue weighted by molar-refractivity contribution is 0.262. The zero-order valence-corrected chi connectivity index (χ0v) is 9.26. The molecule has 3 nitrogen and oxygen atoms in total. The van der Waals surface area contributed by atoms with Gasteiger partial charge in [-0.2, -0.15) is 0 Å². The molecule has 1 heterocycles. The Balaban J connectivity index is 2.47. The molecule has 2 N–H and O–H groups in total. The van der Waals surface area contributed by atoms with E-state index in [0.717, 1.165) is 26.6 Å². The van der Waals surface area contributed by atoms with Crippen LogP contribution in [0.3, 0.4) is 0 Å². The molecule has 2 amide bonds. The van der Waals surface area contributed by atoms with Gasteiger partial charge in [0.2, 0.25) is 0 Å². The Bertz CT molecular complexity index is 566. The molecule has 0 atom stereocenters. The number of carbonyl (C=O) groups excluding carboxylic acids is 1. The number of nitrogens with one attached hydrogen (secondary N) is 2. The molecule has 3 rings (SSSR count). The minimum absolute atomic E-state index is 0.183. The van der Waals surface area contributed by atoms with Gasteiger partial charge in [-0.05, 0) is 18.2 Å². The predicted molar refractivity (Wildman–Crippen MR) is 64.3 cm³/mol. The van der Waals surface area contributed by atoms with Gasteiger partial charge in [0.05, 0.1) is 11.4 Å². The molecule has 0 saturated carbocycles. The summed E-state index contributed by atoms with van der Waals surface area (Å²) in [6.07, 6.45) is 0. The topological polar surface area (TPSA) is 41.1 Å². The fraction of sp³-hybridized carbons (Fsp3) is 0. The number of hydrogen-bond acceptors (Lipinski definition) is 1. The van der Waals surface area contributed by atoms with Gasteiger partial charge >= 0.3 is 6.03 Å². The van der Waals surface area contributed by atoms with Crippen LogP contribution < -0.4 is 10.6 Å². The highest BCUT2D eigenvalue weighted by Gasteiger charge is 2.16. The second-order valence-corrected chi connectivity index (χ2v) is 4.26. The highest BCUT2D eigenvalue weighted by Crippen LogP contribution is 2.37. The van der Waals surface area contributed by atoms with Crippen molar-refractivity contribution in [3.05, 3.63) is 34.8 Å². The third-order valence-electron chi connectivity index (χ3n) is 2.48. The van der Waals surface area contributed by atoms with Crippen molar-refractivity contribution in [3.63, 3.8) is 0 Å². The van der Waals surface area contributed by atoms with Crippen LogP contribution in [0.15, 0.2) is 34.8 Å². The van der Waals surface area contributed by atoms with E-state index >= 15 is 0 Å². The van der Waals surface area contributed by atoms with E-state index < -0.39 is 0 Å². The number of halogens is 1. The summed E-state index contributed by atoms with van der Waals surface area (Å²) in [6.45, 7) is 0. The van der Waals surface area contributed by atoms with Crippen LogP contribution >= 0.6 is 15.9 Å². The second kappa shape index (κ2) is 2.97. The van der Waals surface area contributed by atoms with Gasteiger partial charge in [-0.1, -0.05) is 28.1 Å². The monoisotopic (exact) mass is 262 g/mol. The summed E-state index contributed by atoms with van der Waals surface area (Å²) in [5.41, 5.74) is 1.71. The molecule has 0 saturated heterocycles. The van der Waals surface area contributed by atoms with Crippen molar-refractivity contribution in [3.8, 4) is 0 Å². The maximum Gasteiger partial charge on any atom is 0.323 e. The molecule has 0 aromatic heterocycles. The van der Waals surface area contributed by atoms with E-state index in [1.165, 1.54) is 0 Å². The Labute approximate surface area is 94.6 Å². The molecule has 2 aromatic carbocycles. The summed E-state index contributed by atoms with van der Waals surface area (Å²) < 4.78 is 1.03. The SMILES string of the molecule is O=C1Nc2cccc3c(Br)ccc(c23)N1. The normalized spacial score (nSPS) is 13.5. The number of hydrogen-bond donors (Lipinski definition) is 2. The first kappa shape index (κ1) is 8.73. The number of amides is 2. The van der Waals surface area contributed by atoms with Crippen molar-refractivity contribution in [1.82, 2.24) is 0 Å². The van der Waals surface area contributed by atoms with Crippen molar-refractivity contribution < 1.29 is 4.79 Å². The third kappa shape index (κ3) is 1.22. The van der Waals surface area contributed by atoms with Gasteiger partial charge in [0.15, 0.2) is 0 Å². The van der Waals surface area contributed by atoms with Crippen molar-refractivity contribution in [1.29, 1.82) is 0 Å². The molecule has 2 aromatic rings. The van der Waals surface area contributed by atoms with Crippen LogP contribution in [0.25, 0.3) is 10.8 Å². The fourth-order valence-corrected chi connectivity index (χ4v) is 2.32. The van der Waals surface area contributed by atoms with E-state index in [9.17, 15) is 4.79 Å². The maximum absolute atomic E-state index is 11.3. The summed E-state index contributed by atoms with van der Waals surface area (Å²) in [4.78, 5) is 11.3. The Hall–Kier alpha value is -1.55. The lowest BCUT2D eigenvalue weighted by Gasteiger charge is -2.19. The molecule has 0 unspecified atom stereocenters. The Morgan fingerprint density at radius 1 is 1.00 bits per heavy atom. The minimum atomic E-state index is -0.183. The molecule has 0 bridgehead atoms. The number of carbonyl (C=O) groups is 1. The molecule has 0 spiro atoms. The first-order valence-corrected chi connectivity index (χ1v) is 5.34. The van der Waals surface area contributed by atoms with E-state index in [1.807, 2.05) is 30.3 Å². The average Bonchev–Trinajstić information content (AvgIpc) is 2.23. The van der Waals surface area contributed by atoms with Crippen LogP contribution in [0, 0.1) is 0 Å². The van der Waals surface area contributed by atoms with Gasteiger partial charge in [0, 0.05) is 15.2 Å². The number of urea groups is 1. The summed E-state index contributed by atoms with van der Waals surface area (Å²) in [5, 5.41) is 7.70. The summed E-state index contributed by atoms with van der Waals surface area (Å²) >= 11 is 3.49. The second-order valence-electron chi connectivity index (χ2n) is 3.40. The molecular weight excluding hydrogens is 256 g/mol. The van der Waals surface area contributed by atoms with Crippen LogP contribution in [0.4, 0.5) is 16.2 Å². The molecule has 4 heteroatoms. The van der Waals surface area contributed by atoms with E-state index in [2.05, 4.69) is 26.6 Å². The molecule has 15 heavy (non-hydrogen) atoms. The Morgan fingerprint density at radius 2 is 1.73 bits per heavy atom. The molecule has 1 aliphatic heterocycles. The largest absolute Gasteiger partial charge is 0.323 e. The Kier molecular flexibility index (Phi) is 1.73. The van der Waals surface area contributed by atoms with Crippen LogP contribution in [0.5, 0.6) is 0 Å². The van der Waals surface area contributed by atoms with Gasteiger partial charge in [0.1, 0.15) is 0 Å². The van der Waals surface area contributed by atoms with Gasteiger partial charge < -0.3 is 10.6 Å². The molecule has 0 fully saturated rings. The lowest BCUT2D eigenvalue weighted by atomic mass is 10.1. The van der Waals surface area contributed by atoms with E-state index in [4.69, 9.17) is 0 Å². The first-order valence-electron chi connectivity index (χ1n) is 4.55.